The van der Waals surface area contributed by atoms with Crippen molar-refractivity contribution in [3.05, 3.63) is 40.9 Å². The van der Waals surface area contributed by atoms with Crippen molar-refractivity contribution in [1.82, 2.24) is 25.0 Å². The Hall–Kier alpha value is -2.28. The van der Waals surface area contributed by atoms with Gasteiger partial charge in [0.15, 0.2) is 17.0 Å². The van der Waals surface area contributed by atoms with Crippen LogP contribution in [-0.2, 0) is 6.54 Å². The number of rotatable bonds is 3. The summed E-state index contributed by atoms with van der Waals surface area (Å²) >= 11 is 6.13. The SMILES string of the molecule is Fc1cccc(Cl)c1Cn1nnc2c(N3CCCCCC3)ncnc21. The summed E-state index contributed by atoms with van der Waals surface area (Å²) in [5, 5.41) is 8.79. The van der Waals surface area contributed by atoms with Gasteiger partial charge in [-0.3, -0.25) is 0 Å². The summed E-state index contributed by atoms with van der Waals surface area (Å²) in [6.07, 6.45) is 6.28. The molecule has 0 aliphatic carbocycles. The fraction of sp³-hybridized carbons (Fsp3) is 0.412. The van der Waals surface area contributed by atoms with Gasteiger partial charge in [0, 0.05) is 23.7 Å². The van der Waals surface area contributed by atoms with E-state index in [-0.39, 0.29) is 12.4 Å². The highest BCUT2D eigenvalue weighted by atomic mass is 35.5. The van der Waals surface area contributed by atoms with Gasteiger partial charge in [-0.05, 0) is 25.0 Å². The smallest absolute Gasteiger partial charge is 0.184 e. The van der Waals surface area contributed by atoms with Crippen molar-refractivity contribution in [3.63, 3.8) is 0 Å². The molecule has 0 unspecified atom stereocenters. The summed E-state index contributed by atoms with van der Waals surface area (Å²) in [6.45, 7) is 2.09. The van der Waals surface area contributed by atoms with E-state index in [0.29, 0.717) is 21.7 Å². The largest absolute Gasteiger partial charge is 0.355 e. The molecule has 1 aromatic carbocycles. The number of aromatic nitrogens is 5. The number of benzene rings is 1. The number of fused-ring (bicyclic) bond motifs is 1. The molecule has 0 atom stereocenters. The molecule has 8 heteroatoms. The maximum Gasteiger partial charge on any atom is 0.184 e. The third-order valence-electron chi connectivity index (χ3n) is 4.56. The van der Waals surface area contributed by atoms with Gasteiger partial charge in [-0.2, -0.15) is 0 Å². The van der Waals surface area contributed by atoms with E-state index in [1.807, 2.05) is 0 Å². The summed E-state index contributed by atoms with van der Waals surface area (Å²) < 4.78 is 15.6. The van der Waals surface area contributed by atoms with E-state index in [1.54, 1.807) is 16.8 Å². The number of hydrogen-bond acceptors (Lipinski definition) is 5. The molecule has 2 aromatic heterocycles. The van der Waals surface area contributed by atoms with Gasteiger partial charge in [-0.1, -0.05) is 35.7 Å². The fourth-order valence-corrected chi connectivity index (χ4v) is 3.46. The minimum atomic E-state index is -0.363. The zero-order chi connectivity index (χ0) is 17.2. The van der Waals surface area contributed by atoms with E-state index in [2.05, 4.69) is 25.2 Å². The van der Waals surface area contributed by atoms with Gasteiger partial charge in [0.25, 0.3) is 0 Å². The molecular weight excluding hydrogens is 343 g/mol. The van der Waals surface area contributed by atoms with Crippen LogP contribution in [0.5, 0.6) is 0 Å². The van der Waals surface area contributed by atoms with Crippen LogP contribution in [0.1, 0.15) is 31.2 Å². The Balaban J connectivity index is 1.71. The number of hydrogen-bond donors (Lipinski definition) is 0. The van der Waals surface area contributed by atoms with Crippen molar-refractivity contribution in [1.29, 1.82) is 0 Å². The van der Waals surface area contributed by atoms with Crippen molar-refractivity contribution in [2.24, 2.45) is 0 Å². The average molecular weight is 361 g/mol. The molecule has 3 heterocycles. The minimum Gasteiger partial charge on any atom is -0.355 e. The first-order chi connectivity index (χ1) is 12.2. The van der Waals surface area contributed by atoms with Gasteiger partial charge in [0.2, 0.25) is 0 Å². The number of halogens is 2. The first-order valence-electron chi connectivity index (χ1n) is 8.46. The molecule has 0 amide bonds. The minimum absolute atomic E-state index is 0.179. The second kappa shape index (κ2) is 6.92. The van der Waals surface area contributed by atoms with Gasteiger partial charge in [-0.25, -0.2) is 19.0 Å². The zero-order valence-electron chi connectivity index (χ0n) is 13.7. The summed E-state index contributed by atoms with van der Waals surface area (Å²) in [4.78, 5) is 11.0. The van der Waals surface area contributed by atoms with E-state index in [9.17, 15) is 4.39 Å². The van der Waals surface area contributed by atoms with Crippen molar-refractivity contribution in [3.8, 4) is 0 Å². The zero-order valence-corrected chi connectivity index (χ0v) is 14.5. The molecule has 1 fully saturated rings. The average Bonchev–Trinajstić information content (AvgIpc) is 2.84. The summed E-state index contributed by atoms with van der Waals surface area (Å²) in [7, 11) is 0. The Kier molecular flexibility index (Phi) is 4.48. The normalized spacial score (nSPS) is 15.5. The van der Waals surface area contributed by atoms with Crippen molar-refractivity contribution < 1.29 is 4.39 Å². The molecule has 1 saturated heterocycles. The molecule has 3 aromatic rings. The Morgan fingerprint density at radius 2 is 1.88 bits per heavy atom. The molecule has 0 bridgehead atoms. The molecule has 25 heavy (non-hydrogen) atoms. The molecule has 0 spiro atoms. The lowest BCUT2D eigenvalue weighted by atomic mass is 10.2. The highest BCUT2D eigenvalue weighted by Gasteiger charge is 2.19. The first kappa shape index (κ1) is 16.2. The summed E-state index contributed by atoms with van der Waals surface area (Å²) in [5.74, 6) is 0.440. The third-order valence-corrected chi connectivity index (χ3v) is 4.91. The van der Waals surface area contributed by atoms with Gasteiger partial charge in [-0.15, -0.1) is 5.10 Å². The van der Waals surface area contributed by atoms with Crippen molar-refractivity contribution in [2.45, 2.75) is 32.2 Å². The topological polar surface area (TPSA) is 59.7 Å². The Bertz CT molecular complexity index is 868. The molecule has 4 rings (SSSR count). The van der Waals surface area contributed by atoms with Crippen LogP contribution in [0.2, 0.25) is 5.02 Å². The standard InChI is InChI=1S/C17H18ClFN6/c18-13-6-5-7-14(19)12(13)10-25-17-15(22-23-25)16(20-11-21-17)24-8-3-1-2-4-9-24/h5-7,11H,1-4,8-10H2. The molecular formula is C17H18ClFN6. The van der Waals surface area contributed by atoms with Gasteiger partial charge >= 0.3 is 0 Å². The van der Waals surface area contributed by atoms with Gasteiger partial charge < -0.3 is 4.90 Å². The van der Waals surface area contributed by atoms with E-state index in [4.69, 9.17) is 11.6 Å². The second-order valence-corrected chi connectivity index (χ2v) is 6.63. The van der Waals surface area contributed by atoms with E-state index >= 15 is 0 Å². The summed E-state index contributed by atoms with van der Waals surface area (Å²) in [6, 6.07) is 4.63. The van der Waals surface area contributed by atoms with E-state index < -0.39 is 0 Å². The van der Waals surface area contributed by atoms with Crippen LogP contribution in [-0.4, -0.2) is 38.1 Å². The fourth-order valence-electron chi connectivity index (χ4n) is 3.23. The van der Waals surface area contributed by atoms with Crippen LogP contribution >= 0.6 is 11.6 Å². The molecule has 130 valence electrons. The van der Waals surface area contributed by atoms with Gasteiger partial charge in [0.05, 0.1) is 6.54 Å². The number of nitrogens with zero attached hydrogens (tertiary/aromatic N) is 6. The second-order valence-electron chi connectivity index (χ2n) is 6.22. The van der Waals surface area contributed by atoms with E-state index in [1.165, 1.54) is 25.2 Å². The monoisotopic (exact) mass is 360 g/mol. The molecule has 0 radical (unpaired) electrons. The van der Waals surface area contributed by atoms with Crippen LogP contribution in [0.25, 0.3) is 11.2 Å². The van der Waals surface area contributed by atoms with Crippen LogP contribution in [0.3, 0.4) is 0 Å². The molecule has 1 aliphatic heterocycles. The lowest BCUT2D eigenvalue weighted by Crippen LogP contribution is -2.25. The Morgan fingerprint density at radius 1 is 1.08 bits per heavy atom. The highest BCUT2D eigenvalue weighted by molar-refractivity contribution is 6.31. The summed E-state index contributed by atoms with van der Waals surface area (Å²) in [5.41, 5.74) is 1.62. The third kappa shape index (κ3) is 3.16. The van der Waals surface area contributed by atoms with Crippen molar-refractivity contribution >= 4 is 28.6 Å². The predicted molar refractivity (Wildman–Crippen MR) is 94.3 cm³/mol. The lowest BCUT2D eigenvalue weighted by molar-refractivity contribution is 0.582. The Labute approximate surface area is 149 Å². The maximum atomic E-state index is 14.1. The highest BCUT2D eigenvalue weighted by Crippen LogP contribution is 2.25. The molecule has 6 nitrogen and oxygen atoms in total. The number of anilines is 1. The van der Waals surface area contributed by atoms with Crippen LogP contribution in [0.4, 0.5) is 10.2 Å². The van der Waals surface area contributed by atoms with Crippen molar-refractivity contribution in [2.75, 3.05) is 18.0 Å². The maximum absolute atomic E-state index is 14.1. The van der Waals surface area contributed by atoms with Crippen LogP contribution in [0, 0.1) is 5.82 Å². The van der Waals surface area contributed by atoms with Crippen LogP contribution in [0.15, 0.2) is 24.5 Å². The lowest BCUT2D eigenvalue weighted by Gasteiger charge is -2.20. The molecule has 1 aliphatic rings. The molecule has 0 N–H and O–H groups in total. The Morgan fingerprint density at radius 3 is 2.64 bits per heavy atom. The predicted octanol–water partition coefficient (Wildman–Crippen LogP) is 3.44. The van der Waals surface area contributed by atoms with E-state index in [0.717, 1.165) is 31.7 Å². The van der Waals surface area contributed by atoms with Gasteiger partial charge in [0.1, 0.15) is 12.1 Å². The first-order valence-corrected chi connectivity index (χ1v) is 8.84. The molecule has 0 saturated carbocycles. The van der Waals surface area contributed by atoms with Crippen LogP contribution < -0.4 is 4.90 Å². The quantitative estimate of drug-likeness (QED) is 0.716.